The molecule has 0 aliphatic heterocycles. The van der Waals surface area contributed by atoms with E-state index in [1.165, 1.54) is 0 Å². The molecular formula is C6H16NOP3. The highest BCUT2D eigenvalue weighted by atomic mass is 32.0. The summed E-state index contributed by atoms with van der Waals surface area (Å²) in [7, 11) is 7.63. The van der Waals surface area contributed by atoms with E-state index in [2.05, 4.69) is 31.8 Å². The summed E-state index contributed by atoms with van der Waals surface area (Å²) in [4.78, 5) is 0. The van der Waals surface area contributed by atoms with Crippen LogP contribution in [-0.4, -0.2) is 23.9 Å². The Hall–Kier alpha value is 0.950. The van der Waals surface area contributed by atoms with Gasteiger partial charge >= 0.3 is 0 Å². The SMILES string of the molecule is C=CC(OPP)[C@H](C)N(C)P. The molecule has 5 atom stereocenters. The van der Waals surface area contributed by atoms with E-state index >= 15 is 0 Å². The quantitative estimate of drug-likeness (QED) is 0.509. The van der Waals surface area contributed by atoms with Crippen molar-refractivity contribution >= 4 is 26.8 Å². The maximum atomic E-state index is 5.43. The van der Waals surface area contributed by atoms with E-state index < -0.39 is 0 Å². The van der Waals surface area contributed by atoms with Crippen LogP contribution < -0.4 is 0 Å². The molecule has 11 heavy (non-hydrogen) atoms. The first-order valence-electron chi connectivity index (χ1n) is 3.34. The van der Waals surface area contributed by atoms with Gasteiger partial charge in [0.05, 0.1) is 6.10 Å². The lowest BCUT2D eigenvalue weighted by atomic mass is 10.2. The topological polar surface area (TPSA) is 12.5 Å². The first-order chi connectivity index (χ1) is 5.13. The van der Waals surface area contributed by atoms with E-state index in [9.17, 15) is 0 Å². The maximum absolute atomic E-state index is 5.43. The lowest BCUT2D eigenvalue weighted by Gasteiger charge is -2.25. The van der Waals surface area contributed by atoms with Crippen LogP contribution in [0.2, 0.25) is 0 Å². The van der Waals surface area contributed by atoms with Gasteiger partial charge in [-0.05, 0) is 14.0 Å². The molecule has 0 rings (SSSR count). The number of hydrogen-bond donors (Lipinski definition) is 0. The molecule has 0 heterocycles. The molecule has 0 saturated heterocycles. The van der Waals surface area contributed by atoms with Crippen LogP contribution in [0.5, 0.6) is 0 Å². The second kappa shape index (κ2) is 6.46. The Labute approximate surface area is 75.4 Å². The van der Waals surface area contributed by atoms with Crippen LogP contribution in [0.25, 0.3) is 0 Å². The minimum Gasteiger partial charge on any atom is -0.350 e. The maximum Gasteiger partial charge on any atom is 0.0952 e. The van der Waals surface area contributed by atoms with Gasteiger partial charge in [-0.3, -0.25) is 4.67 Å². The van der Waals surface area contributed by atoms with E-state index in [4.69, 9.17) is 4.52 Å². The zero-order chi connectivity index (χ0) is 8.85. The van der Waals surface area contributed by atoms with Crippen molar-refractivity contribution in [1.82, 2.24) is 4.67 Å². The molecule has 2 nitrogen and oxygen atoms in total. The Morgan fingerprint density at radius 3 is 2.55 bits per heavy atom. The Morgan fingerprint density at radius 2 is 2.27 bits per heavy atom. The lowest BCUT2D eigenvalue weighted by Crippen LogP contribution is -2.31. The minimum atomic E-state index is 0.119. The molecule has 0 radical (unpaired) electrons. The van der Waals surface area contributed by atoms with Crippen molar-refractivity contribution in [2.75, 3.05) is 7.05 Å². The summed E-state index contributed by atoms with van der Waals surface area (Å²) in [6.07, 6.45) is 1.95. The fourth-order valence-electron chi connectivity index (χ4n) is 0.654. The van der Waals surface area contributed by atoms with Crippen molar-refractivity contribution in [2.45, 2.75) is 19.1 Å². The van der Waals surface area contributed by atoms with Gasteiger partial charge in [0.15, 0.2) is 0 Å². The minimum absolute atomic E-state index is 0.119. The van der Waals surface area contributed by atoms with Gasteiger partial charge in [0, 0.05) is 14.5 Å². The molecular weight excluding hydrogens is 195 g/mol. The van der Waals surface area contributed by atoms with E-state index in [0.717, 1.165) is 0 Å². The number of likely N-dealkylation sites (N-methyl/N-ethyl adjacent to an activating group) is 1. The smallest absolute Gasteiger partial charge is 0.0952 e. The molecule has 0 aliphatic rings. The zero-order valence-corrected chi connectivity index (χ0v) is 10.3. The van der Waals surface area contributed by atoms with Crippen LogP contribution in [0.3, 0.4) is 0 Å². The van der Waals surface area contributed by atoms with Gasteiger partial charge in [-0.2, -0.15) is 0 Å². The molecule has 66 valence electrons. The Balaban J connectivity index is 3.90. The second-order valence-corrected chi connectivity index (χ2v) is 4.34. The average molecular weight is 211 g/mol. The molecule has 0 saturated carbocycles. The Bertz CT molecular complexity index is 120. The van der Waals surface area contributed by atoms with E-state index in [-0.39, 0.29) is 6.10 Å². The summed E-state index contributed by atoms with van der Waals surface area (Å²) in [5.41, 5.74) is 0. The predicted octanol–water partition coefficient (Wildman–Crippen LogP) is 2.05. The molecule has 4 unspecified atom stereocenters. The van der Waals surface area contributed by atoms with Crippen LogP contribution in [0, 0.1) is 0 Å². The van der Waals surface area contributed by atoms with Crippen LogP contribution in [0.15, 0.2) is 12.7 Å². The van der Waals surface area contributed by atoms with Crippen molar-refractivity contribution in [3.63, 3.8) is 0 Å². The molecule has 0 fully saturated rings. The van der Waals surface area contributed by atoms with Gasteiger partial charge in [-0.15, -0.1) is 6.58 Å². The van der Waals surface area contributed by atoms with E-state index in [0.29, 0.717) is 14.5 Å². The lowest BCUT2D eigenvalue weighted by molar-refractivity contribution is 0.202. The molecule has 0 aromatic carbocycles. The number of nitrogens with zero attached hydrogens (tertiary/aromatic N) is 1. The Morgan fingerprint density at radius 1 is 1.73 bits per heavy atom. The number of hydrogen-bond acceptors (Lipinski definition) is 2. The highest BCUT2D eigenvalue weighted by Gasteiger charge is 2.15. The average Bonchev–Trinajstić information content (AvgIpc) is 1.98. The molecule has 0 N–H and O–H groups in total. The fourth-order valence-corrected chi connectivity index (χ4v) is 1.75. The number of rotatable bonds is 5. The first kappa shape index (κ1) is 11.9. The van der Waals surface area contributed by atoms with Crippen molar-refractivity contribution in [3.05, 3.63) is 12.7 Å². The van der Waals surface area contributed by atoms with Crippen molar-refractivity contribution in [1.29, 1.82) is 0 Å². The summed E-state index contributed by atoms with van der Waals surface area (Å²) in [5, 5.41) is 0. The highest BCUT2D eigenvalue weighted by Crippen LogP contribution is 2.26. The van der Waals surface area contributed by atoms with Crippen LogP contribution >= 0.6 is 26.8 Å². The third kappa shape index (κ3) is 4.51. The van der Waals surface area contributed by atoms with Gasteiger partial charge in [0.1, 0.15) is 0 Å². The van der Waals surface area contributed by atoms with Gasteiger partial charge in [0.2, 0.25) is 0 Å². The largest absolute Gasteiger partial charge is 0.350 e. The third-order valence-electron chi connectivity index (χ3n) is 1.55. The normalized spacial score (nSPS) is 17.5. The van der Waals surface area contributed by atoms with Crippen LogP contribution in [0.4, 0.5) is 0 Å². The summed E-state index contributed by atoms with van der Waals surface area (Å²) in [6, 6.07) is 0.352. The predicted molar refractivity (Wildman–Crippen MR) is 60.0 cm³/mol. The summed E-state index contributed by atoms with van der Waals surface area (Å²) < 4.78 is 7.47. The molecule has 0 spiro atoms. The van der Waals surface area contributed by atoms with Crippen molar-refractivity contribution < 1.29 is 4.52 Å². The molecule has 0 amide bonds. The first-order valence-corrected chi connectivity index (χ1v) is 6.58. The molecule has 5 heteroatoms. The molecule has 0 aromatic heterocycles. The molecule has 0 aromatic rings. The van der Waals surface area contributed by atoms with Crippen molar-refractivity contribution in [3.8, 4) is 0 Å². The monoisotopic (exact) mass is 211 g/mol. The van der Waals surface area contributed by atoms with Crippen molar-refractivity contribution in [2.24, 2.45) is 0 Å². The summed E-state index contributed by atoms with van der Waals surface area (Å²) >= 11 is 0. The fraction of sp³-hybridized carbons (Fsp3) is 0.667. The Kier molecular flexibility index (Phi) is 7.02. The summed E-state index contributed by atoms with van der Waals surface area (Å²) in [6.45, 7) is 5.82. The summed E-state index contributed by atoms with van der Waals surface area (Å²) in [5.74, 6) is 0. The van der Waals surface area contributed by atoms with Crippen LogP contribution in [-0.2, 0) is 4.52 Å². The molecule has 0 bridgehead atoms. The highest BCUT2D eigenvalue weighted by molar-refractivity contribution is 8.00. The second-order valence-electron chi connectivity index (χ2n) is 2.34. The van der Waals surface area contributed by atoms with Gasteiger partial charge in [-0.25, -0.2) is 0 Å². The van der Waals surface area contributed by atoms with Gasteiger partial charge < -0.3 is 4.52 Å². The standard InChI is InChI=1S/C6H16NOP3/c1-4-6(8-11-10)5(2)7(3)9/h4-6,11H,1,9-10H2,2-3H3/t5-,6?/m0/s1. The van der Waals surface area contributed by atoms with E-state index in [1.54, 1.807) is 0 Å². The van der Waals surface area contributed by atoms with Gasteiger partial charge in [0.25, 0.3) is 0 Å². The van der Waals surface area contributed by atoms with Crippen LogP contribution in [0.1, 0.15) is 6.92 Å². The molecule has 0 aliphatic carbocycles. The van der Waals surface area contributed by atoms with Gasteiger partial charge in [-0.1, -0.05) is 24.4 Å². The van der Waals surface area contributed by atoms with E-state index in [1.807, 2.05) is 17.8 Å². The third-order valence-corrected chi connectivity index (χ3v) is 2.84. The zero-order valence-electron chi connectivity index (χ0n) is 6.95.